The zero-order chi connectivity index (χ0) is 20.3. The van der Waals surface area contributed by atoms with E-state index in [0.717, 1.165) is 11.1 Å². The first-order valence-corrected chi connectivity index (χ1v) is 9.12. The molecule has 0 aliphatic carbocycles. The summed E-state index contributed by atoms with van der Waals surface area (Å²) in [6, 6.07) is 12.4. The van der Waals surface area contributed by atoms with Crippen LogP contribution in [0, 0.1) is 0 Å². The number of methoxy groups -OCH3 is 1. The predicted octanol–water partition coefficient (Wildman–Crippen LogP) is 2.90. The van der Waals surface area contributed by atoms with Crippen molar-refractivity contribution in [2.75, 3.05) is 20.8 Å². The summed E-state index contributed by atoms with van der Waals surface area (Å²) >= 11 is 0. The molecule has 1 aliphatic heterocycles. The molecular formula is C21H24N2O5. The number of hydrogen-bond acceptors (Lipinski definition) is 5. The lowest BCUT2D eigenvalue weighted by Crippen LogP contribution is -2.30. The van der Waals surface area contributed by atoms with Gasteiger partial charge in [0.05, 0.1) is 19.8 Å². The Morgan fingerprint density at radius 1 is 1.25 bits per heavy atom. The molecule has 1 heterocycles. The second-order valence-electron chi connectivity index (χ2n) is 6.61. The van der Waals surface area contributed by atoms with Crippen LogP contribution < -0.4 is 14.8 Å². The number of carbonyl (C=O) groups excluding carboxylic acids is 2. The Hall–Kier alpha value is -3.06. The van der Waals surface area contributed by atoms with Crippen LogP contribution in [0.1, 0.15) is 46.8 Å². The predicted molar refractivity (Wildman–Crippen MR) is 103 cm³/mol. The van der Waals surface area contributed by atoms with E-state index in [1.165, 1.54) is 7.05 Å². The van der Waals surface area contributed by atoms with E-state index in [4.69, 9.17) is 9.47 Å². The molecule has 1 aliphatic rings. The van der Waals surface area contributed by atoms with E-state index >= 15 is 0 Å². The standard InChI is InChI=1S/C21H24N2O5/c1-4-28-18-11-13(9-10-17(18)27-3)16(12-19(24)23(2)26)20-14-7-5-6-8-15(14)21(25)22-20/h5-11,16,20,26H,4,12H2,1-3H3,(H,22,25). The summed E-state index contributed by atoms with van der Waals surface area (Å²) in [7, 11) is 2.85. The first kappa shape index (κ1) is 19.7. The van der Waals surface area contributed by atoms with Crippen LogP contribution >= 0.6 is 0 Å². The van der Waals surface area contributed by atoms with Crippen molar-refractivity contribution >= 4 is 11.8 Å². The van der Waals surface area contributed by atoms with E-state index in [1.807, 2.05) is 37.3 Å². The Bertz CT molecular complexity index is 881. The highest BCUT2D eigenvalue weighted by Crippen LogP contribution is 2.41. The third-order valence-electron chi connectivity index (χ3n) is 4.90. The number of benzene rings is 2. The maximum atomic E-state index is 12.4. The molecule has 0 saturated carbocycles. The Labute approximate surface area is 163 Å². The lowest BCUT2D eigenvalue weighted by molar-refractivity contribution is -0.159. The smallest absolute Gasteiger partial charge is 0.252 e. The van der Waals surface area contributed by atoms with Crippen molar-refractivity contribution in [3.8, 4) is 11.5 Å². The van der Waals surface area contributed by atoms with Gasteiger partial charge in [0.2, 0.25) is 5.91 Å². The molecule has 7 nitrogen and oxygen atoms in total. The first-order chi connectivity index (χ1) is 13.5. The largest absolute Gasteiger partial charge is 0.493 e. The van der Waals surface area contributed by atoms with Crippen LogP contribution in [0.5, 0.6) is 11.5 Å². The molecule has 2 aromatic rings. The number of amides is 2. The van der Waals surface area contributed by atoms with Gasteiger partial charge in [-0.25, -0.2) is 5.06 Å². The maximum absolute atomic E-state index is 12.4. The van der Waals surface area contributed by atoms with Gasteiger partial charge >= 0.3 is 0 Å². The molecule has 3 rings (SSSR count). The minimum Gasteiger partial charge on any atom is -0.493 e. The van der Waals surface area contributed by atoms with Crippen molar-refractivity contribution < 1.29 is 24.3 Å². The van der Waals surface area contributed by atoms with Gasteiger partial charge in [-0.2, -0.15) is 0 Å². The van der Waals surface area contributed by atoms with E-state index in [-0.39, 0.29) is 18.2 Å². The Balaban J connectivity index is 2.05. The summed E-state index contributed by atoms with van der Waals surface area (Å²) in [5.74, 6) is 0.145. The van der Waals surface area contributed by atoms with Gasteiger partial charge in [-0.15, -0.1) is 0 Å². The van der Waals surface area contributed by atoms with Crippen LogP contribution in [-0.4, -0.2) is 42.8 Å². The summed E-state index contributed by atoms with van der Waals surface area (Å²) in [5.41, 5.74) is 2.24. The second-order valence-corrected chi connectivity index (χ2v) is 6.61. The van der Waals surface area contributed by atoms with E-state index in [0.29, 0.717) is 28.7 Å². The Morgan fingerprint density at radius 3 is 2.68 bits per heavy atom. The number of fused-ring (bicyclic) bond motifs is 1. The molecule has 0 spiro atoms. The second kappa shape index (κ2) is 8.31. The fourth-order valence-corrected chi connectivity index (χ4v) is 3.53. The highest BCUT2D eigenvalue weighted by atomic mass is 16.5. The molecule has 2 atom stereocenters. The summed E-state index contributed by atoms with van der Waals surface area (Å²) in [4.78, 5) is 24.7. The molecule has 7 heteroatoms. The molecule has 0 aromatic heterocycles. The summed E-state index contributed by atoms with van der Waals surface area (Å²) in [6.07, 6.45) is 0.0180. The number of nitrogens with zero attached hydrogens (tertiary/aromatic N) is 1. The fourth-order valence-electron chi connectivity index (χ4n) is 3.53. The van der Waals surface area contributed by atoms with Crippen LogP contribution in [0.15, 0.2) is 42.5 Å². The van der Waals surface area contributed by atoms with Gasteiger partial charge in [0.25, 0.3) is 5.91 Å². The van der Waals surface area contributed by atoms with Crippen LogP contribution in [0.4, 0.5) is 0 Å². The number of nitrogens with one attached hydrogen (secondary N) is 1. The molecular weight excluding hydrogens is 360 g/mol. The summed E-state index contributed by atoms with van der Waals surface area (Å²) in [6.45, 7) is 2.34. The monoisotopic (exact) mass is 384 g/mol. The van der Waals surface area contributed by atoms with Crippen LogP contribution in [0.2, 0.25) is 0 Å². The average molecular weight is 384 g/mol. The van der Waals surface area contributed by atoms with E-state index in [1.54, 1.807) is 19.2 Å². The molecule has 0 fully saturated rings. The van der Waals surface area contributed by atoms with Crippen LogP contribution in [-0.2, 0) is 4.79 Å². The lowest BCUT2D eigenvalue weighted by atomic mass is 9.84. The van der Waals surface area contributed by atoms with E-state index in [2.05, 4.69) is 5.32 Å². The van der Waals surface area contributed by atoms with Crippen molar-refractivity contribution in [1.29, 1.82) is 0 Å². The van der Waals surface area contributed by atoms with Gasteiger partial charge in [-0.3, -0.25) is 14.8 Å². The average Bonchev–Trinajstić information content (AvgIpc) is 3.03. The van der Waals surface area contributed by atoms with Gasteiger partial charge in [-0.1, -0.05) is 24.3 Å². The van der Waals surface area contributed by atoms with E-state index in [9.17, 15) is 14.8 Å². The quantitative estimate of drug-likeness (QED) is 0.566. The van der Waals surface area contributed by atoms with Gasteiger partial charge < -0.3 is 14.8 Å². The Kier molecular flexibility index (Phi) is 5.84. The van der Waals surface area contributed by atoms with Crippen molar-refractivity contribution in [2.45, 2.75) is 25.3 Å². The van der Waals surface area contributed by atoms with Gasteiger partial charge in [0.15, 0.2) is 11.5 Å². The minimum atomic E-state index is -0.447. The van der Waals surface area contributed by atoms with Crippen molar-refractivity contribution in [3.63, 3.8) is 0 Å². The SMILES string of the molecule is CCOc1cc(C(CC(=O)N(C)O)C2NC(=O)c3ccccc32)ccc1OC. The van der Waals surface area contributed by atoms with E-state index < -0.39 is 11.9 Å². The number of hydrogen-bond donors (Lipinski definition) is 2. The zero-order valence-electron chi connectivity index (χ0n) is 16.1. The van der Waals surface area contributed by atoms with Crippen molar-refractivity contribution in [3.05, 3.63) is 59.2 Å². The number of rotatable bonds is 7. The fraction of sp³-hybridized carbons (Fsp3) is 0.333. The normalized spacial score (nSPS) is 16.1. The van der Waals surface area contributed by atoms with Crippen molar-refractivity contribution in [2.24, 2.45) is 0 Å². The molecule has 2 aromatic carbocycles. The number of hydroxylamine groups is 2. The molecule has 0 bridgehead atoms. The summed E-state index contributed by atoms with van der Waals surface area (Å²) < 4.78 is 11.0. The highest BCUT2D eigenvalue weighted by Gasteiger charge is 2.36. The first-order valence-electron chi connectivity index (χ1n) is 9.12. The number of ether oxygens (including phenoxy) is 2. The van der Waals surface area contributed by atoms with Gasteiger partial charge in [0.1, 0.15) is 0 Å². The molecule has 28 heavy (non-hydrogen) atoms. The molecule has 0 saturated heterocycles. The van der Waals surface area contributed by atoms with Crippen LogP contribution in [0.25, 0.3) is 0 Å². The molecule has 148 valence electrons. The topological polar surface area (TPSA) is 88.1 Å². The molecule has 0 radical (unpaired) electrons. The number of carbonyl (C=O) groups is 2. The highest BCUT2D eigenvalue weighted by molar-refractivity contribution is 5.99. The third kappa shape index (κ3) is 3.80. The maximum Gasteiger partial charge on any atom is 0.252 e. The van der Waals surface area contributed by atoms with Crippen molar-refractivity contribution in [1.82, 2.24) is 10.4 Å². The molecule has 2 amide bonds. The van der Waals surface area contributed by atoms with Gasteiger partial charge in [-0.05, 0) is 36.2 Å². The minimum absolute atomic E-state index is 0.0180. The van der Waals surface area contributed by atoms with Crippen LogP contribution in [0.3, 0.4) is 0 Å². The zero-order valence-corrected chi connectivity index (χ0v) is 16.1. The third-order valence-corrected chi connectivity index (χ3v) is 4.90. The molecule has 2 unspecified atom stereocenters. The Morgan fingerprint density at radius 2 is 2.00 bits per heavy atom. The van der Waals surface area contributed by atoms with Gasteiger partial charge in [0, 0.05) is 24.9 Å². The molecule has 2 N–H and O–H groups in total. The summed E-state index contributed by atoms with van der Waals surface area (Å²) in [5, 5.41) is 13.1. The lowest BCUT2D eigenvalue weighted by Gasteiger charge is -2.26.